The summed E-state index contributed by atoms with van der Waals surface area (Å²) in [4.78, 5) is 16.1. The zero-order valence-corrected chi connectivity index (χ0v) is 11.3. The molecule has 0 radical (unpaired) electrons. The van der Waals surface area contributed by atoms with Crippen LogP contribution in [0.25, 0.3) is 10.9 Å². The number of carbonyl (C=O) groups excluding carboxylic acids is 1. The molecule has 3 rings (SSSR count). The van der Waals surface area contributed by atoms with E-state index in [4.69, 9.17) is 14.6 Å². The van der Waals surface area contributed by atoms with Crippen LogP contribution in [0.1, 0.15) is 0 Å². The van der Waals surface area contributed by atoms with Gasteiger partial charge in [0.25, 0.3) is 0 Å². The lowest BCUT2D eigenvalue weighted by molar-refractivity contribution is -0.246. The standard InChI is InChI=1S/C14H14NO7/c16-6-14(20)12(18)10(17)11(22-14)13(19)21-9-5-15-8-4-2-1-3-7(8)9/h1-5,10-12,16-18,20H,6H2/q-1. The number of aromatic nitrogens is 1. The van der Waals surface area contributed by atoms with Gasteiger partial charge in [-0.2, -0.15) is 0 Å². The van der Waals surface area contributed by atoms with Gasteiger partial charge in [0.15, 0.2) is 6.10 Å². The second-order valence-corrected chi connectivity index (χ2v) is 5.04. The van der Waals surface area contributed by atoms with Crippen molar-refractivity contribution in [1.29, 1.82) is 0 Å². The van der Waals surface area contributed by atoms with Crippen LogP contribution >= 0.6 is 0 Å². The first-order chi connectivity index (χ1) is 10.5. The van der Waals surface area contributed by atoms with Gasteiger partial charge in [-0.05, 0) is 0 Å². The topological polar surface area (TPSA) is 131 Å². The van der Waals surface area contributed by atoms with E-state index in [1.165, 1.54) is 6.20 Å². The molecule has 1 aromatic heterocycles. The molecule has 2 heterocycles. The van der Waals surface area contributed by atoms with Crippen molar-refractivity contribution in [3.05, 3.63) is 30.5 Å². The number of aliphatic hydroxyl groups excluding tert-OH is 3. The van der Waals surface area contributed by atoms with Gasteiger partial charge in [-0.1, -0.05) is 24.3 Å². The molecule has 1 saturated heterocycles. The number of hydrogen-bond donors (Lipinski definition) is 4. The molecule has 8 heteroatoms. The molecule has 4 unspecified atom stereocenters. The number of hydrogen-bond acceptors (Lipinski definition) is 7. The molecule has 118 valence electrons. The first-order valence-corrected chi connectivity index (χ1v) is 6.55. The van der Waals surface area contributed by atoms with E-state index in [-0.39, 0.29) is 5.75 Å². The highest BCUT2D eigenvalue weighted by Crippen LogP contribution is 2.31. The molecule has 8 nitrogen and oxygen atoms in total. The van der Waals surface area contributed by atoms with Crippen LogP contribution in [0.4, 0.5) is 0 Å². The molecule has 1 aromatic carbocycles. The summed E-state index contributed by atoms with van der Waals surface area (Å²) in [6, 6.07) is 6.97. The molecule has 4 N–H and O–H groups in total. The Labute approximate surface area is 124 Å². The number of esters is 1. The van der Waals surface area contributed by atoms with Gasteiger partial charge in [-0.25, -0.2) is 4.79 Å². The van der Waals surface area contributed by atoms with E-state index in [2.05, 4.69) is 4.98 Å². The lowest BCUT2D eigenvalue weighted by atomic mass is 10.1. The number of fused-ring (bicyclic) bond motifs is 1. The predicted octanol–water partition coefficient (Wildman–Crippen LogP) is -1.50. The second kappa shape index (κ2) is 5.34. The SMILES string of the molecule is O=C(Oc1c[n-]c2ccccc12)C1OC(O)(CO)C(O)C1O. The molecule has 0 saturated carbocycles. The van der Waals surface area contributed by atoms with E-state index in [0.717, 1.165) is 0 Å². The van der Waals surface area contributed by atoms with Crippen molar-refractivity contribution in [2.24, 2.45) is 0 Å². The highest BCUT2D eigenvalue weighted by atomic mass is 16.7. The summed E-state index contributed by atoms with van der Waals surface area (Å²) in [7, 11) is 0. The third kappa shape index (κ3) is 2.27. The summed E-state index contributed by atoms with van der Waals surface area (Å²) >= 11 is 0. The Morgan fingerprint density at radius 1 is 1.36 bits per heavy atom. The van der Waals surface area contributed by atoms with Gasteiger partial charge in [0, 0.05) is 5.39 Å². The fraction of sp³-hybridized carbons (Fsp3) is 0.357. The van der Waals surface area contributed by atoms with Crippen molar-refractivity contribution in [3.8, 4) is 5.75 Å². The summed E-state index contributed by atoms with van der Waals surface area (Å²) in [6.45, 7) is -0.976. The number of rotatable bonds is 3. The van der Waals surface area contributed by atoms with E-state index in [9.17, 15) is 20.1 Å². The minimum Gasteiger partial charge on any atom is -0.661 e. The Morgan fingerprint density at radius 2 is 2.09 bits per heavy atom. The number of benzene rings is 1. The van der Waals surface area contributed by atoms with Crippen molar-refractivity contribution in [1.82, 2.24) is 4.98 Å². The molecule has 0 bridgehead atoms. The van der Waals surface area contributed by atoms with Crippen molar-refractivity contribution < 1.29 is 34.7 Å². The minimum absolute atomic E-state index is 0.172. The quantitative estimate of drug-likeness (QED) is 0.504. The molecule has 0 spiro atoms. The summed E-state index contributed by atoms with van der Waals surface area (Å²) < 4.78 is 9.97. The number of ether oxygens (including phenoxy) is 2. The number of carbonyl (C=O) groups is 1. The molecule has 2 aromatic rings. The summed E-state index contributed by atoms with van der Waals surface area (Å²) in [6.07, 6.45) is -3.83. The van der Waals surface area contributed by atoms with Crippen LogP contribution in [0.2, 0.25) is 0 Å². The molecule has 0 aliphatic carbocycles. The third-order valence-electron chi connectivity index (χ3n) is 3.59. The fourth-order valence-electron chi connectivity index (χ4n) is 2.35. The van der Waals surface area contributed by atoms with Crippen molar-refractivity contribution in [2.75, 3.05) is 6.61 Å². The van der Waals surface area contributed by atoms with Crippen LogP contribution in [0, 0.1) is 0 Å². The Hall–Kier alpha value is -1.97. The fourth-order valence-corrected chi connectivity index (χ4v) is 2.35. The van der Waals surface area contributed by atoms with E-state index >= 15 is 0 Å². The van der Waals surface area contributed by atoms with Crippen LogP contribution in [0.3, 0.4) is 0 Å². The summed E-state index contributed by atoms with van der Waals surface area (Å²) in [5.74, 6) is -3.24. The third-order valence-corrected chi connectivity index (χ3v) is 3.59. The van der Waals surface area contributed by atoms with Gasteiger partial charge in [-0.15, -0.1) is 11.7 Å². The van der Waals surface area contributed by atoms with Crippen LogP contribution < -0.4 is 9.72 Å². The lowest BCUT2D eigenvalue weighted by Gasteiger charge is -2.22. The predicted molar refractivity (Wildman–Crippen MR) is 71.8 cm³/mol. The van der Waals surface area contributed by atoms with Crippen LogP contribution in [-0.2, 0) is 9.53 Å². The van der Waals surface area contributed by atoms with Gasteiger partial charge in [0.05, 0.1) is 6.61 Å². The van der Waals surface area contributed by atoms with Crippen molar-refractivity contribution >= 4 is 16.9 Å². The Balaban J connectivity index is 1.80. The molecule has 22 heavy (non-hydrogen) atoms. The monoisotopic (exact) mass is 308 g/mol. The maximum absolute atomic E-state index is 12.1. The molecule has 4 atom stereocenters. The zero-order chi connectivity index (χ0) is 15.9. The molecule has 0 amide bonds. The molecule has 1 fully saturated rings. The lowest BCUT2D eigenvalue weighted by Crippen LogP contribution is -2.46. The first-order valence-electron chi connectivity index (χ1n) is 6.55. The number of para-hydroxylation sites is 1. The Bertz CT molecular complexity index is 699. The van der Waals surface area contributed by atoms with E-state index in [1.54, 1.807) is 24.3 Å². The number of aliphatic hydroxyl groups is 4. The smallest absolute Gasteiger partial charge is 0.343 e. The van der Waals surface area contributed by atoms with Gasteiger partial charge in [-0.3, -0.25) is 0 Å². The van der Waals surface area contributed by atoms with Crippen LogP contribution in [0.5, 0.6) is 5.75 Å². The Morgan fingerprint density at radius 3 is 2.77 bits per heavy atom. The van der Waals surface area contributed by atoms with Gasteiger partial charge >= 0.3 is 5.97 Å². The van der Waals surface area contributed by atoms with Crippen LogP contribution in [-0.4, -0.2) is 57.1 Å². The highest BCUT2D eigenvalue weighted by Gasteiger charge is 2.56. The molecule has 1 aliphatic heterocycles. The van der Waals surface area contributed by atoms with Gasteiger partial charge in [0.1, 0.15) is 18.0 Å². The van der Waals surface area contributed by atoms with E-state index in [0.29, 0.717) is 10.9 Å². The Kier molecular flexibility index (Phi) is 3.63. The zero-order valence-electron chi connectivity index (χ0n) is 11.3. The molecular formula is C14H14NO7-. The normalized spacial score (nSPS) is 31.5. The maximum atomic E-state index is 12.1. The summed E-state index contributed by atoms with van der Waals surface area (Å²) in [5.41, 5.74) is 0.630. The first kappa shape index (κ1) is 14.9. The van der Waals surface area contributed by atoms with E-state index in [1.807, 2.05) is 0 Å². The van der Waals surface area contributed by atoms with Gasteiger partial charge in [0.2, 0.25) is 5.79 Å². The van der Waals surface area contributed by atoms with Crippen molar-refractivity contribution in [3.63, 3.8) is 0 Å². The van der Waals surface area contributed by atoms with Crippen LogP contribution in [0.15, 0.2) is 30.5 Å². The largest absolute Gasteiger partial charge is 0.661 e. The molecular weight excluding hydrogens is 294 g/mol. The van der Waals surface area contributed by atoms with Gasteiger partial charge < -0.3 is 34.9 Å². The van der Waals surface area contributed by atoms with Crippen molar-refractivity contribution in [2.45, 2.75) is 24.1 Å². The maximum Gasteiger partial charge on any atom is 0.343 e. The highest BCUT2D eigenvalue weighted by molar-refractivity contribution is 5.89. The molecule has 1 aliphatic rings. The average Bonchev–Trinajstić information content (AvgIpc) is 3.03. The average molecular weight is 308 g/mol. The minimum atomic E-state index is -2.41. The second-order valence-electron chi connectivity index (χ2n) is 5.04. The summed E-state index contributed by atoms with van der Waals surface area (Å²) in [5, 5.41) is 38.8. The number of nitrogens with zero attached hydrogens (tertiary/aromatic N) is 1. The van der Waals surface area contributed by atoms with E-state index < -0.39 is 36.7 Å².